The number of nitrogens with one attached hydrogen (secondary N) is 2. The van der Waals surface area contributed by atoms with Gasteiger partial charge in [-0.3, -0.25) is 10.1 Å². The summed E-state index contributed by atoms with van der Waals surface area (Å²) in [6, 6.07) is 8.87. The molecule has 1 aliphatic heterocycles. The smallest absolute Gasteiger partial charge is 0.321 e. The number of nitriles is 1. The molecule has 28 heavy (non-hydrogen) atoms. The first-order valence-electron chi connectivity index (χ1n) is 8.91. The van der Waals surface area contributed by atoms with E-state index in [0.717, 1.165) is 0 Å². The normalized spacial score (nSPS) is 24.0. The van der Waals surface area contributed by atoms with Crippen molar-refractivity contribution >= 4 is 17.6 Å². The number of benzene rings is 1. The second-order valence-electron chi connectivity index (χ2n) is 6.82. The molecule has 0 spiro atoms. The highest BCUT2D eigenvalue weighted by Gasteiger charge is 2.72. The van der Waals surface area contributed by atoms with Crippen LogP contribution < -0.4 is 15.4 Å². The molecule has 2 N–H and O–H groups in total. The highest BCUT2D eigenvalue weighted by Crippen LogP contribution is 2.63. The molecule has 2 aromatic rings. The van der Waals surface area contributed by atoms with E-state index in [4.69, 9.17) is 10.00 Å². The molecule has 0 radical (unpaired) electrons. The first-order chi connectivity index (χ1) is 13.5. The molecule has 142 valence electrons. The van der Waals surface area contributed by atoms with Crippen LogP contribution in [0.4, 0.5) is 15.0 Å². The highest BCUT2D eigenvalue weighted by molar-refractivity contribution is 6.01. The molecule has 2 heterocycles. The number of Topliss-reactive ketones (excluding diaryl/α,β-unsaturated/α-hetero) is 1. The number of anilines is 1. The van der Waals surface area contributed by atoms with Crippen LogP contribution in [-0.4, -0.2) is 28.9 Å². The molecule has 7 nitrogen and oxygen atoms in total. The molecule has 1 unspecified atom stereocenters. The summed E-state index contributed by atoms with van der Waals surface area (Å²) in [5.41, 5.74) is -0.517. The Morgan fingerprint density at radius 2 is 2.21 bits per heavy atom. The monoisotopic (exact) mass is 380 g/mol. The van der Waals surface area contributed by atoms with Crippen LogP contribution in [-0.2, 0) is 4.79 Å². The summed E-state index contributed by atoms with van der Waals surface area (Å²) in [7, 11) is 0. The number of hydrogen-bond acceptors (Lipinski definition) is 5. The van der Waals surface area contributed by atoms with Gasteiger partial charge in [-0.1, -0.05) is 13.0 Å². The number of rotatable bonds is 4. The Kier molecular flexibility index (Phi) is 4.23. The first kappa shape index (κ1) is 17.9. The maximum Gasteiger partial charge on any atom is 0.321 e. The van der Waals surface area contributed by atoms with Gasteiger partial charge in [-0.2, -0.15) is 5.26 Å². The number of urea groups is 1. The van der Waals surface area contributed by atoms with Gasteiger partial charge in [0.1, 0.15) is 29.0 Å². The van der Waals surface area contributed by atoms with Gasteiger partial charge in [0, 0.05) is 30.0 Å². The van der Waals surface area contributed by atoms with E-state index in [1.54, 1.807) is 19.1 Å². The third kappa shape index (κ3) is 2.67. The summed E-state index contributed by atoms with van der Waals surface area (Å²) in [4.78, 5) is 29.3. The van der Waals surface area contributed by atoms with Crippen molar-refractivity contribution in [3.05, 3.63) is 53.5 Å². The van der Waals surface area contributed by atoms with Crippen LogP contribution in [0.5, 0.6) is 5.75 Å². The summed E-state index contributed by atoms with van der Waals surface area (Å²) in [6.07, 6.45) is 1.53. The number of carbonyl (C=O) groups is 2. The van der Waals surface area contributed by atoms with Gasteiger partial charge in [0.05, 0.1) is 12.2 Å². The lowest BCUT2D eigenvalue weighted by Gasteiger charge is -2.18. The van der Waals surface area contributed by atoms with Crippen LogP contribution in [0.15, 0.2) is 36.5 Å². The van der Waals surface area contributed by atoms with Crippen LogP contribution >= 0.6 is 0 Å². The molecule has 1 fully saturated rings. The predicted octanol–water partition coefficient (Wildman–Crippen LogP) is 2.74. The summed E-state index contributed by atoms with van der Waals surface area (Å²) < 4.78 is 20.1. The van der Waals surface area contributed by atoms with E-state index in [9.17, 15) is 14.0 Å². The maximum atomic E-state index is 14.5. The Morgan fingerprint density at radius 3 is 2.89 bits per heavy atom. The van der Waals surface area contributed by atoms with Gasteiger partial charge < -0.3 is 10.1 Å². The number of carbonyl (C=O) groups excluding carboxylic acids is 2. The van der Waals surface area contributed by atoms with Crippen molar-refractivity contribution < 1.29 is 18.7 Å². The number of fused-ring (bicyclic) bond motifs is 3. The van der Waals surface area contributed by atoms with E-state index in [0.29, 0.717) is 16.9 Å². The lowest BCUT2D eigenvalue weighted by Crippen LogP contribution is -2.48. The molecule has 2 amide bonds. The van der Waals surface area contributed by atoms with Crippen LogP contribution in [0.1, 0.15) is 30.4 Å². The Morgan fingerprint density at radius 1 is 1.39 bits per heavy atom. The van der Waals surface area contributed by atoms with Gasteiger partial charge in [0.15, 0.2) is 5.78 Å². The second-order valence-corrected chi connectivity index (χ2v) is 6.82. The third-order valence-electron chi connectivity index (χ3n) is 5.35. The molecule has 3 atom stereocenters. The quantitative estimate of drug-likeness (QED) is 0.849. The van der Waals surface area contributed by atoms with Crippen molar-refractivity contribution in [3.63, 3.8) is 0 Å². The summed E-state index contributed by atoms with van der Waals surface area (Å²) in [6.45, 7) is 1.93. The van der Waals surface area contributed by atoms with Gasteiger partial charge in [0.2, 0.25) is 0 Å². The standard InChI is InChI=1S/C20H17FN4O3/c1-2-15(26)20(25-19(27)24-16-7-6-11(8-22)9-23-16)12-10-28-14-5-3-4-13(21)17(14)18(12)20/h3-7,9,12,18H,2,10H2,1H3,(H2,23,24,25,27)/t12-,18-,20?/m1/s1. The minimum absolute atomic E-state index is 0.176. The van der Waals surface area contributed by atoms with Crippen molar-refractivity contribution in [2.24, 2.45) is 5.92 Å². The minimum Gasteiger partial charge on any atom is -0.493 e. The van der Waals surface area contributed by atoms with Crippen molar-refractivity contribution in [1.29, 1.82) is 5.26 Å². The number of hydrogen-bond donors (Lipinski definition) is 2. The van der Waals surface area contributed by atoms with Gasteiger partial charge in [0.25, 0.3) is 0 Å². The number of aromatic nitrogens is 1. The zero-order valence-corrected chi connectivity index (χ0v) is 15.0. The highest BCUT2D eigenvalue weighted by atomic mass is 19.1. The number of ketones is 1. The average Bonchev–Trinajstić information content (AvgIpc) is 3.36. The van der Waals surface area contributed by atoms with E-state index in [2.05, 4.69) is 15.6 Å². The third-order valence-corrected chi connectivity index (χ3v) is 5.35. The fourth-order valence-corrected chi connectivity index (χ4v) is 4.02. The van der Waals surface area contributed by atoms with E-state index < -0.39 is 23.3 Å². The molecular formula is C20H17FN4O3. The van der Waals surface area contributed by atoms with Crippen molar-refractivity contribution in [3.8, 4) is 11.8 Å². The Bertz CT molecular complexity index is 1000. The molecule has 0 saturated heterocycles. The SMILES string of the molecule is CCC(=O)C1(NC(=O)Nc2ccc(C#N)cn2)[C@@H]2COc3cccc(F)c3[C@@H]21. The van der Waals surface area contributed by atoms with Crippen molar-refractivity contribution in [1.82, 2.24) is 10.3 Å². The molecule has 1 aliphatic carbocycles. The lowest BCUT2D eigenvalue weighted by molar-refractivity contribution is -0.122. The average molecular weight is 380 g/mol. The van der Waals surface area contributed by atoms with Crippen molar-refractivity contribution in [2.45, 2.75) is 24.8 Å². The Balaban J connectivity index is 1.60. The zero-order valence-electron chi connectivity index (χ0n) is 15.0. The molecule has 1 aromatic heterocycles. The van der Waals surface area contributed by atoms with Gasteiger partial charge >= 0.3 is 6.03 Å². The molecular weight excluding hydrogens is 363 g/mol. The van der Waals surface area contributed by atoms with Gasteiger partial charge in [-0.25, -0.2) is 14.2 Å². The second kappa shape index (κ2) is 6.60. The van der Waals surface area contributed by atoms with Crippen LogP contribution in [0.25, 0.3) is 0 Å². The number of amides is 2. The lowest BCUT2D eigenvalue weighted by atomic mass is 10.00. The number of nitrogens with zero attached hydrogens (tertiary/aromatic N) is 2. The number of halogens is 1. The largest absolute Gasteiger partial charge is 0.493 e. The molecule has 0 bridgehead atoms. The Labute approximate surface area is 160 Å². The fourth-order valence-electron chi connectivity index (χ4n) is 4.02. The van der Waals surface area contributed by atoms with E-state index in [1.807, 2.05) is 6.07 Å². The van der Waals surface area contributed by atoms with Gasteiger partial charge in [-0.05, 0) is 24.3 Å². The maximum absolute atomic E-state index is 14.5. The first-order valence-corrected chi connectivity index (χ1v) is 8.91. The molecule has 1 saturated carbocycles. The van der Waals surface area contributed by atoms with Crippen molar-refractivity contribution in [2.75, 3.05) is 11.9 Å². The molecule has 2 aliphatic rings. The number of pyridine rings is 1. The number of ether oxygens (including phenoxy) is 1. The van der Waals surface area contributed by atoms with Crippen LogP contribution in [0.3, 0.4) is 0 Å². The van der Waals surface area contributed by atoms with E-state index in [1.165, 1.54) is 24.4 Å². The fraction of sp³-hybridized carbons (Fsp3) is 0.300. The van der Waals surface area contributed by atoms with E-state index in [-0.39, 0.29) is 30.5 Å². The van der Waals surface area contributed by atoms with Crippen LogP contribution in [0, 0.1) is 23.1 Å². The molecule has 1 aromatic carbocycles. The zero-order chi connectivity index (χ0) is 19.9. The minimum atomic E-state index is -1.21. The Hall–Kier alpha value is -3.47. The summed E-state index contributed by atoms with van der Waals surface area (Å²) in [5.74, 6) is -0.780. The topological polar surface area (TPSA) is 104 Å². The summed E-state index contributed by atoms with van der Waals surface area (Å²) in [5, 5.41) is 14.1. The summed E-state index contributed by atoms with van der Waals surface area (Å²) >= 11 is 0. The van der Waals surface area contributed by atoms with Crippen LogP contribution in [0.2, 0.25) is 0 Å². The van der Waals surface area contributed by atoms with Gasteiger partial charge in [-0.15, -0.1) is 0 Å². The molecule has 4 rings (SSSR count). The van der Waals surface area contributed by atoms with E-state index >= 15 is 0 Å². The predicted molar refractivity (Wildman–Crippen MR) is 97.3 cm³/mol. The molecule has 8 heteroatoms.